The molecule has 1 aromatic heterocycles. The van der Waals surface area contributed by atoms with Gasteiger partial charge in [0.05, 0.1) is 0 Å². The van der Waals surface area contributed by atoms with E-state index in [2.05, 4.69) is 28.1 Å². The molecule has 17 heavy (non-hydrogen) atoms. The van der Waals surface area contributed by atoms with Crippen LogP contribution in [0.25, 0.3) is 0 Å². The van der Waals surface area contributed by atoms with Gasteiger partial charge in [0.15, 0.2) is 0 Å². The van der Waals surface area contributed by atoms with Crippen molar-refractivity contribution in [2.24, 2.45) is 0 Å². The summed E-state index contributed by atoms with van der Waals surface area (Å²) in [4.78, 5) is 6.51. The van der Waals surface area contributed by atoms with Gasteiger partial charge in [-0.3, -0.25) is 4.98 Å². The second kappa shape index (κ2) is 4.09. The number of hydrogen-bond acceptors (Lipinski definition) is 3. The second-order valence-electron chi connectivity index (χ2n) is 4.42. The minimum atomic E-state index is 0.835. The maximum Gasteiger partial charge on any atom is 0.0444 e. The highest BCUT2D eigenvalue weighted by atomic mass is 15.1. The van der Waals surface area contributed by atoms with Crippen molar-refractivity contribution in [1.29, 1.82) is 0 Å². The van der Waals surface area contributed by atoms with Gasteiger partial charge in [0.1, 0.15) is 0 Å². The Hall–Kier alpha value is -2.03. The van der Waals surface area contributed by atoms with E-state index in [1.54, 1.807) is 6.20 Å². The Bertz CT molecular complexity index is 522. The lowest BCUT2D eigenvalue weighted by Crippen LogP contribution is -2.19. The molecule has 0 bridgehead atoms. The molecular formula is C14H15N3. The van der Waals surface area contributed by atoms with Gasteiger partial charge in [-0.25, -0.2) is 0 Å². The maximum absolute atomic E-state index is 5.85. The van der Waals surface area contributed by atoms with E-state index in [9.17, 15) is 0 Å². The fourth-order valence-corrected chi connectivity index (χ4v) is 2.34. The molecule has 86 valence electrons. The third-order valence-corrected chi connectivity index (χ3v) is 3.20. The number of nitrogens with two attached hydrogens (primary N) is 1. The number of hydrogen-bond donors (Lipinski definition) is 1. The van der Waals surface area contributed by atoms with Crippen LogP contribution in [0.5, 0.6) is 0 Å². The number of benzene rings is 1. The minimum absolute atomic E-state index is 0.835. The lowest BCUT2D eigenvalue weighted by molar-refractivity contribution is 0.832. The Balaban J connectivity index is 1.86. The van der Waals surface area contributed by atoms with E-state index >= 15 is 0 Å². The van der Waals surface area contributed by atoms with E-state index in [1.807, 2.05) is 18.3 Å². The highest BCUT2D eigenvalue weighted by Crippen LogP contribution is 2.30. The molecule has 1 aromatic carbocycles. The predicted molar refractivity (Wildman–Crippen MR) is 69.8 cm³/mol. The summed E-state index contributed by atoms with van der Waals surface area (Å²) in [6.45, 7) is 1.97. The van der Waals surface area contributed by atoms with Crippen LogP contribution in [0.2, 0.25) is 0 Å². The minimum Gasteiger partial charge on any atom is -0.399 e. The Morgan fingerprint density at radius 2 is 2.24 bits per heavy atom. The summed E-state index contributed by atoms with van der Waals surface area (Å²) in [6, 6.07) is 10.3. The summed E-state index contributed by atoms with van der Waals surface area (Å²) in [7, 11) is 0. The van der Waals surface area contributed by atoms with Gasteiger partial charge in [0, 0.05) is 36.9 Å². The molecule has 3 nitrogen and oxygen atoms in total. The van der Waals surface area contributed by atoms with Gasteiger partial charge in [-0.2, -0.15) is 0 Å². The van der Waals surface area contributed by atoms with Crippen LogP contribution in [-0.2, 0) is 13.0 Å². The SMILES string of the molecule is Nc1ccc2c(c1)N(Cc1cccnc1)CC2. The molecule has 0 saturated carbocycles. The Kier molecular flexibility index (Phi) is 2.44. The molecule has 0 radical (unpaired) electrons. The first-order valence-electron chi connectivity index (χ1n) is 5.85. The summed E-state index contributed by atoms with van der Waals surface area (Å²) >= 11 is 0. The standard InChI is InChI=1S/C14H15N3/c15-13-4-3-12-5-7-17(14(12)8-13)10-11-2-1-6-16-9-11/h1-4,6,8-9H,5,7,10,15H2. The highest BCUT2D eigenvalue weighted by Gasteiger charge is 2.18. The lowest BCUT2D eigenvalue weighted by Gasteiger charge is -2.19. The van der Waals surface area contributed by atoms with Crippen molar-refractivity contribution >= 4 is 11.4 Å². The van der Waals surface area contributed by atoms with E-state index in [0.717, 1.165) is 25.2 Å². The van der Waals surface area contributed by atoms with E-state index in [0.29, 0.717) is 0 Å². The van der Waals surface area contributed by atoms with Gasteiger partial charge >= 0.3 is 0 Å². The van der Waals surface area contributed by atoms with Crippen molar-refractivity contribution in [2.45, 2.75) is 13.0 Å². The largest absolute Gasteiger partial charge is 0.399 e. The third-order valence-electron chi connectivity index (χ3n) is 3.20. The topological polar surface area (TPSA) is 42.1 Å². The number of fused-ring (bicyclic) bond motifs is 1. The van der Waals surface area contributed by atoms with E-state index in [-0.39, 0.29) is 0 Å². The molecule has 3 heteroatoms. The van der Waals surface area contributed by atoms with Crippen molar-refractivity contribution < 1.29 is 0 Å². The summed E-state index contributed by atoms with van der Waals surface area (Å²) in [6.07, 6.45) is 4.83. The van der Waals surface area contributed by atoms with Crippen LogP contribution >= 0.6 is 0 Å². The van der Waals surface area contributed by atoms with Crippen LogP contribution in [0, 0.1) is 0 Å². The zero-order chi connectivity index (χ0) is 11.7. The Labute approximate surface area is 101 Å². The van der Waals surface area contributed by atoms with Crippen LogP contribution in [0.15, 0.2) is 42.7 Å². The van der Waals surface area contributed by atoms with Crippen molar-refractivity contribution in [3.63, 3.8) is 0 Å². The van der Waals surface area contributed by atoms with Crippen molar-refractivity contribution in [2.75, 3.05) is 17.2 Å². The van der Waals surface area contributed by atoms with Crippen molar-refractivity contribution in [3.8, 4) is 0 Å². The van der Waals surface area contributed by atoms with Gasteiger partial charge in [0.25, 0.3) is 0 Å². The molecule has 2 aromatic rings. The molecule has 1 aliphatic heterocycles. The summed E-state index contributed by atoms with van der Waals surface area (Å²) in [5.74, 6) is 0. The first-order valence-corrected chi connectivity index (χ1v) is 5.85. The molecule has 0 amide bonds. The Morgan fingerprint density at radius 3 is 3.06 bits per heavy atom. The number of nitrogens with zero attached hydrogens (tertiary/aromatic N) is 2. The number of aromatic nitrogens is 1. The molecule has 3 rings (SSSR count). The van der Waals surface area contributed by atoms with Crippen LogP contribution < -0.4 is 10.6 Å². The highest BCUT2D eigenvalue weighted by molar-refractivity contribution is 5.64. The summed E-state index contributed by atoms with van der Waals surface area (Å²) < 4.78 is 0. The first kappa shape index (κ1) is 10.1. The number of anilines is 2. The quantitative estimate of drug-likeness (QED) is 0.797. The van der Waals surface area contributed by atoms with Crippen molar-refractivity contribution in [3.05, 3.63) is 53.9 Å². The maximum atomic E-state index is 5.85. The molecule has 1 aliphatic rings. The molecule has 0 aliphatic carbocycles. The molecule has 2 heterocycles. The van der Waals surface area contributed by atoms with Crippen molar-refractivity contribution in [1.82, 2.24) is 4.98 Å². The van der Waals surface area contributed by atoms with Gasteiger partial charge in [-0.1, -0.05) is 12.1 Å². The zero-order valence-corrected chi connectivity index (χ0v) is 9.63. The van der Waals surface area contributed by atoms with E-state index in [4.69, 9.17) is 5.73 Å². The third kappa shape index (κ3) is 1.96. The normalized spacial score (nSPS) is 13.8. The monoisotopic (exact) mass is 225 g/mol. The van der Waals surface area contributed by atoms with Crippen LogP contribution in [0.4, 0.5) is 11.4 Å². The second-order valence-corrected chi connectivity index (χ2v) is 4.42. The fourth-order valence-electron chi connectivity index (χ4n) is 2.34. The van der Waals surface area contributed by atoms with E-state index in [1.165, 1.54) is 16.8 Å². The van der Waals surface area contributed by atoms with Crippen LogP contribution in [0.1, 0.15) is 11.1 Å². The van der Waals surface area contributed by atoms with E-state index < -0.39 is 0 Å². The number of rotatable bonds is 2. The number of pyridine rings is 1. The molecule has 0 fully saturated rings. The first-order chi connectivity index (χ1) is 8.33. The lowest BCUT2D eigenvalue weighted by atomic mass is 10.1. The Morgan fingerprint density at radius 1 is 1.29 bits per heavy atom. The summed E-state index contributed by atoms with van der Waals surface area (Å²) in [5.41, 5.74) is 10.6. The van der Waals surface area contributed by atoms with Gasteiger partial charge in [-0.15, -0.1) is 0 Å². The van der Waals surface area contributed by atoms with Crippen LogP contribution in [-0.4, -0.2) is 11.5 Å². The van der Waals surface area contributed by atoms with Gasteiger partial charge < -0.3 is 10.6 Å². The molecule has 0 unspecified atom stereocenters. The average molecular weight is 225 g/mol. The summed E-state index contributed by atoms with van der Waals surface area (Å²) in [5, 5.41) is 0. The smallest absolute Gasteiger partial charge is 0.0444 e. The fraction of sp³-hybridized carbons (Fsp3) is 0.214. The van der Waals surface area contributed by atoms with Gasteiger partial charge in [-0.05, 0) is 35.7 Å². The molecule has 2 N–H and O–H groups in total. The molecule has 0 atom stereocenters. The molecule has 0 spiro atoms. The predicted octanol–water partition coefficient (Wildman–Crippen LogP) is 2.23. The zero-order valence-electron chi connectivity index (χ0n) is 9.63. The molecule has 0 saturated heterocycles. The average Bonchev–Trinajstić information content (AvgIpc) is 2.73. The number of nitrogen functional groups attached to an aromatic ring is 1. The van der Waals surface area contributed by atoms with Crippen LogP contribution in [0.3, 0.4) is 0 Å². The molecular weight excluding hydrogens is 210 g/mol. The van der Waals surface area contributed by atoms with Gasteiger partial charge in [0.2, 0.25) is 0 Å².